The van der Waals surface area contributed by atoms with Gasteiger partial charge in [-0.2, -0.15) is 5.26 Å². The molecular formula is C33H44N2O3. The largest absolute Gasteiger partial charge is 0.347 e. The summed E-state index contributed by atoms with van der Waals surface area (Å²) in [6.07, 6.45) is 11.4. The molecule has 3 fully saturated rings. The Balaban J connectivity index is 1.68. The molecule has 3 saturated carbocycles. The topological polar surface area (TPSA) is 87.0 Å². The maximum Gasteiger partial charge on any atom is 0.243 e. The van der Waals surface area contributed by atoms with Gasteiger partial charge in [0.1, 0.15) is 6.07 Å². The molecule has 5 aliphatic rings. The first-order valence-electron chi connectivity index (χ1n) is 14.4. The summed E-state index contributed by atoms with van der Waals surface area (Å²) in [5.74, 6) is -0.176. The molecule has 0 bridgehead atoms. The lowest BCUT2D eigenvalue weighted by Crippen LogP contribution is -2.69. The number of carbonyl (C=O) groups is 3. The van der Waals surface area contributed by atoms with Crippen molar-refractivity contribution in [1.29, 1.82) is 5.26 Å². The van der Waals surface area contributed by atoms with Gasteiger partial charge in [-0.1, -0.05) is 66.7 Å². The van der Waals surface area contributed by atoms with Crippen LogP contribution in [-0.2, 0) is 14.4 Å². The van der Waals surface area contributed by atoms with Gasteiger partial charge in [0.25, 0.3) is 0 Å². The molecule has 5 aliphatic carbocycles. The van der Waals surface area contributed by atoms with Crippen LogP contribution in [0.5, 0.6) is 0 Å². The van der Waals surface area contributed by atoms with Crippen LogP contribution in [0, 0.1) is 56.2 Å². The van der Waals surface area contributed by atoms with Crippen LogP contribution in [-0.4, -0.2) is 23.0 Å². The van der Waals surface area contributed by atoms with Crippen LogP contribution in [0.1, 0.15) is 93.4 Å². The zero-order valence-corrected chi connectivity index (χ0v) is 24.3. The first kappa shape index (κ1) is 27.1. The van der Waals surface area contributed by atoms with E-state index < -0.39 is 16.4 Å². The molecular weight excluding hydrogens is 472 g/mol. The van der Waals surface area contributed by atoms with Crippen molar-refractivity contribution in [2.75, 3.05) is 0 Å². The van der Waals surface area contributed by atoms with Crippen LogP contribution in [0.2, 0.25) is 0 Å². The van der Waals surface area contributed by atoms with Gasteiger partial charge in [0.05, 0.1) is 5.57 Å². The number of Topliss-reactive ketones (excluding diaryl/α,β-unsaturated/α-hetero) is 1. The first-order chi connectivity index (χ1) is 17.5. The van der Waals surface area contributed by atoms with Gasteiger partial charge in [0, 0.05) is 22.3 Å². The Kier molecular flexibility index (Phi) is 5.72. The van der Waals surface area contributed by atoms with Crippen molar-refractivity contribution in [3.8, 4) is 6.07 Å². The number of fused-ring (bicyclic) bond motifs is 7. The molecule has 0 heterocycles. The van der Waals surface area contributed by atoms with Crippen molar-refractivity contribution in [3.63, 3.8) is 0 Å². The van der Waals surface area contributed by atoms with Crippen LogP contribution < -0.4 is 5.32 Å². The highest BCUT2D eigenvalue weighted by Gasteiger charge is 2.70. The molecule has 5 nitrogen and oxygen atoms in total. The maximum atomic E-state index is 14.4. The number of allylic oxidation sites excluding steroid dienone is 4. The van der Waals surface area contributed by atoms with Crippen LogP contribution in [0.4, 0.5) is 0 Å². The fourth-order valence-electron chi connectivity index (χ4n) is 10.1. The van der Waals surface area contributed by atoms with Gasteiger partial charge in [-0.25, -0.2) is 0 Å². The predicted octanol–water partition coefficient (Wildman–Crippen LogP) is 6.26. The lowest BCUT2D eigenvalue weighted by molar-refractivity contribution is -0.163. The lowest BCUT2D eigenvalue weighted by Gasteiger charge is -2.69. The molecule has 0 aromatic carbocycles. The average molecular weight is 517 g/mol. The smallest absolute Gasteiger partial charge is 0.243 e. The monoisotopic (exact) mass is 516 g/mol. The lowest BCUT2D eigenvalue weighted by atomic mass is 9.35. The van der Waals surface area contributed by atoms with E-state index in [1.54, 1.807) is 0 Å². The van der Waals surface area contributed by atoms with Crippen molar-refractivity contribution in [1.82, 2.24) is 5.32 Å². The highest BCUT2D eigenvalue weighted by atomic mass is 16.2. The molecule has 0 aromatic rings. The number of nitrogens with one attached hydrogen (secondary N) is 1. The standard InChI is InChI=1S/C33H44N2O3/c1-9-25(37)35-33-14-12-28(2,3)18-21(33)26-22(36)16-24-30(6)17-20(19-34)27(38)29(4,5)23(30)10-11-31(24,7)32(26,8)13-15-33/h9,16-17,21,23,26H,1,10-15,18H2,2-8H3,(H,35,37)/t21-,23-,26-,30+,31+,32+,33+/m0/s1. The van der Waals surface area contributed by atoms with E-state index in [4.69, 9.17) is 0 Å². The van der Waals surface area contributed by atoms with Gasteiger partial charge in [0.2, 0.25) is 5.91 Å². The summed E-state index contributed by atoms with van der Waals surface area (Å²) >= 11 is 0. The van der Waals surface area contributed by atoms with Gasteiger partial charge in [-0.05, 0) is 85.2 Å². The summed E-state index contributed by atoms with van der Waals surface area (Å²) in [7, 11) is 0. The second-order valence-electron chi connectivity index (χ2n) is 15.1. The third-order valence-corrected chi connectivity index (χ3v) is 12.4. The van der Waals surface area contributed by atoms with Crippen LogP contribution in [0.15, 0.2) is 36.0 Å². The molecule has 1 amide bonds. The normalized spacial score (nSPS) is 44.6. The third-order valence-electron chi connectivity index (χ3n) is 12.4. The number of nitriles is 1. The summed E-state index contributed by atoms with van der Waals surface area (Å²) in [6, 6.07) is 2.18. The zero-order chi connectivity index (χ0) is 28.1. The second kappa shape index (κ2) is 8.03. The summed E-state index contributed by atoms with van der Waals surface area (Å²) in [6.45, 7) is 19.0. The minimum absolute atomic E-state index is 0.0371. The van der Waals surface area contributed by atoms with E-state index in [2.05, 4.69) is 52.6 Å². The molecule has 5 heteroatoms. The van der Waals surface area contributed by atoms with Crippen molar-refractivity contribution < 1.29 is 14.4 Å². The minimum Gasteiger partial charge on any atom is -0.347 e. The Morgan fingerprint density at radius 1 is 1.05 bits per heavy atom. The molecule has 1 N–H and O–H groups in total. The molecule has 0 radical (unpaired) electrons. The molecule has 38 heavy (non-hydrogen) atoms. The van der Waals surface area contributed by atoms with Crippen molar-refractivity contribution >= 4 is 17.5 Å². The Bertz CT molecular complexity index is 1250. The van der Waals surface area contributed by atoms with Crippen LogP contribution in [0.25, 0.3) is 0 Å². The predicted molar refractivity (Wildman–Crippen MR) is 148 cm³/mol. The van der Waals surface area contributed by atoms with E-state index in [1.807, 2.05) is 26.0 Å². The number of carbonyl (C=O) groups excluding carboxylic acids is 3. The van der Waals surface area contributed by atoms with Gasteiger partial charge in [0.15, 0.2) is 11.6 Å². The van der Waals surface area contributed by atoms with Crippen LogP contribution in [0.3, 0.4) is 0 Å². The van der Waals surface area contributed by atoms with Crippen molar-refractivity contribution in [2.24, 2.45) is 44.8 Å². The Morgan fingerprint density at radius 2 is 1.71 bits per heavy atom. The van der Waals surface area contributed by atoms with E-state index in [-0.39, 0.29) is 57.0 Å². The van der Waals surface area contributed by atoms with Gasteiger partial charge in [-0.15, -0.1) is 0 Å². The highest BCUT2D eigenvalue weighted by Crippen LogP contribution is 2.73. The third kappa shape index (κ3) is 3.31. The zero-order valence-electron chi connectivity index (χ0n) is 24.3. The SMILES string of the molecule is C=CC(=O)N[C@@]12CCC(C)(C)C[C@H]1[C@H]1C(=O)C=C3[C@]4(C)C=C(C#N)C(=O)C(C)(C)[C@@H]4CC[C@@]3(C)[C@]1(C)CC2. The molecule has 0 saturated heterocycles. The minimum atomic E-state index is -0.665. The number of ketones is 2. The fourth-order valence-corrected chi connectivity index (χ4v) is 10.1. The molecule has 5 rings (SSSR count). The van der Waals surface area contributed by atoms with Gasteiger partial charge in [-0.3, -0.25) is 14.4 Å². The molecule has 0 aliphatic heterocycles. The highest BCUT2D eigenvalue weighted by molar-refractivity contribution is 6.04. The average Bonchev–Trinajstić information content (AvgIpc) is 2.83. The molecule has 0 unspecified atom stereocenters. The number of rotatable bonds is 2. The second-order valence-corrected chi connectivity index (χ2v) is 15.1. The van der Waals surface area contributed by atoms with E-state index in [0.717, 1.165) is 50.5 Å². The van der Waals surface area contributed by atoms with E-state index in [0.29, 0.717) is 0 Å². The van der Waals surface area contributed by atoms with E-state index in [1.165, 1.54) is 6.08 Å². The molecule has 7 atom stereocenters. The van der Waals surface area contributed by atoms with Gasteiger partial charge >= 0.3 is 0 Å². The van der Waals surface area contributed by atoms with E-state index >= 15 is 0 Å². The molecule has 204 valence electrons. The fraction of sp³-hybridized carbons (Fsp3) is 0.697. The number of hydrogen-bond acceptors (Lipinski definition) is 4. The summed E-state index contributed by atoms with van der Waals surface area (Å²) in [5.41, 5.74) is -0.693. The Hall–Kier alpha value is -2.48. The van der Waals surface area contributed by atoms with Crippen LogP contribution >= 0.6 is 0 Å². The molecule has 0 spiro atoms. The Labute approximate surface area is 228 Å². The van der Waals surface area contributed by atoms with Crippen molar-refractivity contribution in [2.45, 2.75) is 99.0 Å². The number of nitrogens with zero attached hydrogens (tertiary/aromatic N) is 1. The van der Waals surface area contributed by atoms with Crippen molar-refractivity contribution in [3.05, 3.63) is 36.0 Å². The number of amides is 1. The summed E-state index contributed by atoms with van der Waals surface area (Å²) in [5, 5.41) is 13.2. The molecule has 0 aromatic heterocycles. The quantitative estimate of drug-likeness (QED) is 0.439. The van der Waals surface area contributed by atoms with Gasteiger partial charge < -0.3 is 5.32 Å². The summed E-state index contributed by atoms with van der Waals surface area (Å²) < 4.78 is 0. The number of hydrogen-bond donors (Lipinski definition) is 1. The maximum absolute atomic E-state index is 14.4. The Morgan fingerprint density at radius 3 is 2.34 bits per heavy atom. The summed E-state index contributed by atoms with van der Waals surface area (Å²) in [4.78, 5) is 40.3. The first-order valence-corrected chi connectivity index (χ1v) is 14.4. The van der Waals surface area contributed by atoms with E-state index in [9.17, 15) is 19.6 Å².